The summed E-state index contributed by atoms with van der Waals surface area (Å²) < 4.78 is 1.02. The molecule has 0 aromatic heterocycles. The fraction of sp³-hybridized carbons (Fsp3) is 0.188. The molecule has 98 valence electrons. The van der Waals surface area contributed by atoms with Gasteiger partial charge in [0.25, 0.3) is 0 Å². The molecule has 2 aromatic rings. The van der Waals surface area contributed by atoms with Gasteiger partial charge in [0, 0.05) is 10.2 Å². The highest BCUT2D eigenvalue weighted by Gasteiger charge is 2.04. The normalized spacial score (nSPS) is 10.3. The van der Waals surface area contributed by atoms with E-state index in [1.54, 1.807) is 0 Å². The Kier molecular flexibility index (Phi) is 4.38. The Balaban J connectivity index is 2.01. The zero-order valence-electron chi connectivity index (χ0n) is 11.0. The zero-order valence-corrected chi connectivity index (χ0v) is 12.6. The Morgan fingerprint density at radius 3 is 2.37 bits per heavy atom. The summed E-state index contributed by atoms with van der Waals surface area (Å²) in [6, 6.07) is 13.7. The fourth-order valence-electron chi connectivity index (χ4n) is 1.81. The second kappa shape index (κ2) is 6.02. The lowest BCUT2D eigenvalue weighted by Crippen LogP contribution is -2.14. The Labute approximate surface area is 122 Å². The highest BCUT2D eigenvalue weighted by molar-refractivity contribution is 9.10. The van der Waals surface area contributed by atoms with Crippen LogP contribution in [0.2, 0.25) is 0 Å². The van der Waals surface area contributed by atoms with Crippen LogP contribution in [0.3, 0.4) is 0 Å². The van der Waals surface area contributed by atoms with Crippen molar-refractivity contribution in [2.45, 2.75) is 20.3 Å². The molecule has 0 atom stereocenters. The molecule has 0 aliphatic heterocycles. The molecular formula is C16H16BrNO. The van der Waals surface area contributed by atoms with Crippen molar-refractivity contribution in [1.29, 1.82) is 0 Å². The van der Waals surface area contributed by atoms with Crippen LogP contribution in [0.5, 0.6) is 0 Å². The third kappa shape index (κ3) is 3.93. The van der Waals surface area contributed by atoms with Crippen LogP contribution in [-0.4, -0.2) is 5.91 Å². The van der Waals surface area contributed by atoms with Gasteiger partial charge in [0.1, 0.15) is 0 Å². The number of benzene rings is 2. The van der Waals surface area contributed by atoms with Crippen molar-refractivity contribution in [3.05, 3.63) is 63.6 Å². The van der Waals surface area contributed by atoms with Gasteiger partial charge in [0.15, 0.2) is 0 Å². The van der Waals surface area contributed by atoms with E-state index >= 15 is 0 Å². The predicted molar refractivity (Wildman–Crippen MR) is 82.4 cm³/mol. The molecule has 0 saturated carbocycles. The molecule has 1 amide bonds. The molecule has 19 heavy (non-hydrogen) atoms. The lowest BCUT2D eigenvalue weighted by Gasteiger charge is -2.08. The van der Waals surface area contributed by atoms with Crippen LogP contribution >= 0.6 is 15.9 Å². The first-order valence-electron chi connectivity index (χ1n) is 6.16. The average molecular weight is 318 g/mol. The van der Waals surface area contributed by atoms with Gasteiger partial charge in [0.2, 0.25) is 5.91 Å². The van der Waals surface area contributed by atoms with Crippen LogP contribution < -0.4 is 5.32 Å². The smallest absolute Gasteiger partial charge is 0.228 e. The molecule has 2 rings (SSSR count). The molecule has 0 unspecified atom stereocenters. The van der Waals surface area contributed by atoms with Gasteiger partial charge >= 0.3 is 0 Å². The summed E-state index contributed by atoms with van der Waals surface area (Å²) in [4.78, 5) is 11.9. The minimum Gasteiger partial charge on any atom is -0.326 e. The maximum Gasteiger partial charge on any atom is 0.228 e. The van der Waals surface area contributed by atoms with E-state index in [-0.39, 0.29) is 5.91 Å². The number of anilines is 1. The Hall–Kier alpha value is -1.61. The number of halogens is 1. The summed E-state index contributed by atoms with van der Waals surface area (Å²) in [5, 5.41) is 2.92. The van der Waals surface area contributed by atoms with Crippen LogP contribution in [0.4, 0.5) is 5.69 Å². The largest absolute Gasteiger partial charge is 0.326 e. The van der Waals surface area contributed by atoms with Crippen molar-refractivity contribution >= 4 is 27.5 Å². The minimum absolute atomic E-state index is 0.00516. The van der Waals surface area contributed by atoms with E-state index in [1.165, 1.54) is 11.1 Å². The summed E-state index contributed by atoms with van der Waals surface area (Å²) in [5.41, 5.74) is 4.27. The zero-order chi connectivity index (χ0) is 13.8. The van der Waals surface area contributed by atoms with Gasteiger partial charge < -0.3 is 5.32 Å². The van der Waals surface area contributed by atoms with Crippen molar-refractivity contribution < 1.29 is 4.79 Å². The first-order chi connectivity index (χ1) is 9.04. The van der Waals surface area contributed by atoms with Gasteiger partial charge in [-0.15, -0.1) is 0 Å². The third-order valence-corrected chi connectivity index (χ3v) is 3.60. The molecule has 0 aliphatic rings. The predicted octanol–water partition coefficient (Wildman–Crippen LogP) is 4.25. The van der Waals surface area contributed by atoms with E-state index in [9.17, 15) is 4.79 Å². The van der Waals surface area contributed by atoms with Crippen molar-refractivity contribution in [1.82, 2.24) is 0 Å². The van der Waals surface area contributed by atoms with Crippen molar-refractivity contribution in [2.24, 2.45) is 0 Å². The van der Waals surface area contributed by atoms with Gasteiger partial charge in [-0.1, -0.05) is 34.1 Å². The third-order valence-electron chi connectivity index (χ3n) is 3.07. The molecular weight excluding hydrogens is 302 g/mol. The molecule has 0 bridgehead atoms. The molecule has 2 nitrogen and oxygen atoms in total. The van der Waals surface area contributed by atoms with Crippen LogP contribution in [0, 0.1) is 13.8 Å². The summed E-state index contributed by atoms with van der Waals surface area (Å²) in [7, 11) is 0. The quantitative estimate of drug-likeness (QED) is 0.901. The van der Waals surface area contributed by atoms with Crippen LogP contribution in [-0.2, 0) is 11.2 Å². The Morgan fingerprint density at radius 1 is 1.05 bits per heavy atom. The SMILES string of the molecule is Cc1ccc(NC(=O)Cc2ccc(Br)cc2)cc1C. The monoisotopic (exact) mass is 317 g/mol. The molecule has 0 spiro atoms. The minimum atomic E-state index is 0.00516. The maximum atomic E-state index is 11.9. The maximum absolute atomic E-state index is 11.9. The van der Waals surface area contributed by atoms with Gasteiger partial charge in [-0.2, -0.15) is 0 Å². The molecule has 3 heteroatoms. The van der Waals surface area contributed by atoms with E-state index in [0.29, 0.717) is 6.42 Å². The number of carbonyl (C=O) groups is 1. The molecule has 0 fully saturated rings. The van der Waals surface area contributed by atoms with E-state index in [4.69, 9.17) is 0 Å². The fourth-order valence-corrected chi connectivity index (χ4v) is 2.08. The molecule has 1 N–H and O–H groups in total. The average Bonchev–Trinajstić information content (AvgIpc) is 2.37. The summed E-state index contributed by atoms with van der Waals surface area (Å²) >= 11 is 3.38. The van der Waals surface area contributed by atoms with Crippen molar-refractivity contribution in [3.8, 4) is 0 Å². The van der Waals surface area contributed by atoms with Crippen molar-refractivity contribution in [3.63, 3.8) is 0 Å². The Bertz CT molecular complexity index is 590. The molecule has 0 heterocycles. The number of carbonyl (C=O) groups excluding carboxylic acids is 1. The molecule has 0 radical (unpaired) electrons. The van der Waals surface area contributed by atoms with Gasteiger partial charge in [-0.25, -0.2) is 0 Å². The Morgan fingerprint density at radius 2 is 1.74 bits per heavy atom. The standard InChI is InChI=1S/C16H16BrNO/c1-11-3-8-15(9-12(11)2)18-16(19)10-13-4-6-14(17)7-5-13/h3-9H,10H2,1-2H3,(H,18,19). The van der Waals surface area contributed by atoms with Gasteiger partial charge in [-0.3, -0.25) is 4.79 Å². The van der Waals surface area contributed by atoms with Gasteiger partial charge in [0.05, 0.1) is 6.42 Å². The first-order valence-corrected chi connectivity index (χ1v) is 6.95. The van der Waals surface area contributed by atoms with E-state index in [1.807, 2.05) is 49.4 Å². The van der Waals surface area contributed by atoms with E-state index < -0.39 is 0 Å². The number of hydrogen-bond acceptors (Lipinski definition) is 1. The number of rotatable bonds is 3. The summed E-state index contributed by atoms with van der Waals surface area (Å²) in [6.07, 6.45) is 0.389. The lowest BCUT2D eigenvalue weighted by molar-refractivity contribution is -0.115. The van der Waals surface area contributed by atoms with E-state index in [2.05, 4.69) is 28.2 Å². The van der Waals surface area contributed by atoms with Crippen molar-refractivity contribution in [2.75, 3.05) is 5.32 Å². The number of hydrogen-bond donors (Lipinski definition) is 1. The van der Waals surface area contributed by atoms with Gasteiger partial charge in [-0.05, 0) is 54.8 Å². The molecule has 2 aromatic carbocycles. The van der Waals surface area contributed by atoms with E-state index in [0.717, 1.165) is 15.7 Å². The second-order valence-corrected chi connectivity index (χ2v) is 5.57. The lowest BCUT2D eigenvalue weighted by atomic mass is 10.1. The summed E-state index contributed by atoms with van der Waals surface area (Å²) in [6.45, 7) is 4.10. The molecule has 0 aliphatic carbocycles. The number of aryl methyl sites for hydroxylation is 2. The number of amides is 1. The highest BCUT2D eigenvalue weighted by Crippen LogP contribution is 2.15. The molecule has 0 saturated heterocycles. The van der Waals surface area contributed by atoms with Crippen LogP contribution in [0.15, 0.2) is 46.9 Å². The summed E-state index contributed by atoms with van der Waals surface area (Å²) in [5.74, 6) is 0.00516. The second-order valence-electron chi connectivity index (χ2n) is 4.65. The first kappa shape index (κ1) is 13.8. The topological polar surface area (TPSA) is 29.1 Å². The van der Waals surface area contributed by atoms with Crippen LogP contribution in [0.25, 0.3) is 0 Å². The number of nitrogens with one attached hydrogen (secondary N) is 1. The van der Waals surface area contributed by atoms with Crippen LogP contribution in [0.1, 0.15) is 16.7 Å². The highest BCUT2D eigenvalue weighted by atomic mass is 79.9.